The first kappa shape index (κ1) is 18.2. The lowest BCUT2D eigenvalue weighted by atomic mass is 10.1. The fourth-order valence-electron chi connectivity index (χ4n) is 2.41. The van der Waals surface area contributed by atoms with Crippen LogP contribution < -0.4 is 15.4 Å². The van der Waals surface area contributed by atoms with E-state index < -0.39 is 27.8 Å². The van der Waals surface area contributed by atoms with Crippen molar-refractivity contribution in [1.82, 2.24) is 0 Å². The predicted octanol–water partition coefficient (Wildman–Crippen LogP) is 2.98. The van der Waals surface area contributed by atoms with Gasteiger partial charge in [0.1, 0.15) is 5.92 Å². The van der Waals surface area contributed by atoms with Crippen LogP contribution in [0.5, 0.6) is 0 Å². The molecule has 0 unspecified atom stereocenters. The molecule has 0 saturated heterocycles. The number of aryl methyl sites for hydroxylation is 1. The highest BCUT2D eigenvalue weighted by Gasteiger charge is 2.28. The fourth-order valence-corrected chi connectivity index (χ4v) is 3.85. The molecule has 0 radical (unpaired) electrons. The van der Waals surface area contributed by atoms with Gasteiger partial charge in [-0.05, 0) is 49.7 Å². The molecule has 0 spiro atoms. The van der Waals surface area contributed by atoms with Crippen LogP contribution in [0.1, 0.15) is 12.5 Å². The van der Waals surface area contributed by atoms with Crippen molar-refractivity contribution in [3.63, 3.8) is 0 Å². The quantitative estimate of drug-likeness (QED) is 0.697. The van der Waals surface area contributed by atoms with E-state index in [1.807, 2.05) is 6.92 Å². The zero-order valence-electron chi connectivity index (χ0n) is 14.0. The summed E-state index contributed by atoms with van der Waals surface area (Å²) in [5.41, 5.74) is 1.69. The van der Waals surface area contributed by atoms with Crippen LogP contribution >= 0.6 is 11.6 Å². The van der Waals surface area contributed by atoms with Crippen molar-refractivity contribution in [2.24, 2.45) is 5.92 Å². The average Bonchev–Trinajstić information content (AvgIpc) is 2.67. The molecule has 1 heterocycles. The number of sulfonamides is 1. The maximum atomic E-state index is 12.7. The van der Waals surface area contributed by atoms with Crippen molar-refractivity contribution in [2.75, 3.05) is 15.4 Å². The van der Waals surface area contributed by atoms with Crippen LogP contribution in [0.2, 0.25) is 5.02 Å². The lowest BCUT2D eigenvalue weighted by Gasteiger charge is -2.13. The monoisotopic (exact) mass is 393 g/mol. The third-order valence-corrected chi connectivity index (χ3v) is 5.65. The Morgan fingerprint density at radius 3 is 2.31 bits per heavy atom. The van der Waals surface area contributed by atoms with Crippen LogP contribution in [0.25, 0.3) is 0 Å². The SMILES string of the molecule is Cc1ccc(NS(=O)(=O)c2ccc3c(c2)NC(=O)[C@@H](C)C(=O)N3)c(Cl)c1. The molecular formula is C17H16ClN3O4S. The first-order chi connectivity index (χ1) is 12.2. The molecule has 0 saturated carbocycles. The van der Waals surface area contributed by atoms with Crippen molar-refractivity contribution in [1.29, 1.82) is 0 Å². The van der Waals surface area contributed by atoms with Crippen molar-refractivity contribution in [2.45, 2.75) is 18.7 Å². The first-order valence-electron chi connectivity index (χ1n) is 7.72. The van der Waals surface area contributed by atoms with E-state index in [1.165, 1.54) is 25.1 Å². The highest BCUT2D eigenvalue weighted by molar-refractivity contribution is 7.92. The Kier molecular flexibility index (Phi) is 4.64. The number of rotatable bonds is 3. The zero-order valence-corrected chi connectivity index (χ0v) is 15.5. The lowest BCUT2D eigenvalue weighted by Crippen LogP contribution is -2.28. The van der Waals surface area contributed by atoms with E-state index in [0.717, 1.165) is 5.56 Å². The number of hydrogen-bond donors (Lipinski definition) is 3. The smallest absolute Gasteiger partial charge is 0.262 e. The molecule has 2 aromatic carbocycles. The van der Waals surface area contributed by atoms with Crippen molar-refractivity contribution >= 4 is 50.5 Å². The maximum Gasteiger partial charge on any atom is 0.262 e. The lowest BCUT2D eigenvalue weighted by molar-refractivity contribution is -0.128. The Labute approximate surface area is 155 Å². The van der Waals surface area contributed by atoms with Crippen molar-refractivity contribution < 1.29 is 18.0 Å². The Bertz CT molecular complexity index is 1020. The van der Waals surface area contributed by atoms with Gasteiger partial charge in [-0.25, -0.2) is 8.42 Å². The number of benzene rings is 2. The molecule has 1 aliphatic rings. The van der Waals surface area contributed by atoms with E-state index in [-0.39, 0.29) is 21.3 Å². The highest BCUT2D eigenvalue weighted by atomic mass is 35.5. The van der Waals surface area contributed by atoms with E-state index in [4.69, 9.17) is 11.6 Å². The van der Waals surface area contributed by atoms with Gasteiger partial charge in [-0.2, -0.15) is 0 Å². The van der Waals surface area contributed by atoms with Gasteiger partial charge in [0.25, 0.3) is 10.0 Å². The van der Waals surface area contributed by atoms with Gasteiger partial charge >= 0.3 is 0 Å². The van der Waals surface area contributed by atoms with Gasteiger partial charge in [-0.15, -0.1) is 0 Å². The summed E-state index contributed by atoms with van der Waals surface area (Å²) in [6.45, 7) is 3.31. The molecule has 2 aromatic rings. The van der Waals surface area contributed by atoms with E-state index in [0.29, 0.717) is 5.69 Å². The first-order valence-corrected chi connectivity index (χ1v) is 9.58. The molecule has 9 heteroatoms. The van der Waals surface area contributed by atoms with Crippen LogP contribution in [-0.2, 0) is 19.6 Å². The van der Waals surface area contributed by atoms with Gasteiger partial charge < -0.3 is 10.6 Å². The molecule has 1 atom stereocenters. The largest absolute Gasteiger partial charge is 0.324 e. The summed E-state index contributed by atoms with van der Waals surface area (Å²) in [7, 11) is -3.94. The fraction of sp³-hybridized carbons (Fsp3) is 0.176. The Balaban J connectivity index is 1.96. The summed E-state index contributed by atoms with van der Waals surface area (Å²) in [5, 5.41) is 5.42. The van der Waals surface area contributed by atoms with Gasteiger partial charge in [-0.3, -0.25) is 14.3 Å². The van der Waals surface area contributed by atoms with Gasteiger partial charge in [0, 0.05) is 0 Å². The van der Waals surface area contributed by atoms with Gasteiger partial charge in [0.15, 0.2) is 0 Å². The van der Waals surface area contributed by atoms with E-state index >= 15 is 0 Å². The minimum Gasteiger partial charge on any atom is -0.324 e. The maximum absolute atomic E-state index is 12.7. The number of halogens is 1. The minimum atomic E-state index is -3.94. The van der Waals surface area contributed by atoms with Crippen LogP contribution in [0.15, 0.2) is 41.3 Å². The van der Waals surface area contributed by atoms with Crippen molar-refractivity contribution in [3.8, 4) is 0 Å². The van der Waals surface area contributed by atoms with Gasteiger partial charge in [-0.1, -0.05) is 17.7 Å². The Hall–Kier alpha value is -2.58. The summed E-state index contributed by atoms with van der Waals surface area (Å²) in [5.74, 6) is -1.85. The van der Waals surface area contributed by atoms with Crippen LogP contribution in [-0.4, -0.2) is 20.2 Å². The molecule has 3 N–H and O–H groups in total. The molecule has 1 aliphatic heterocycles. The van der Waals surface area contributed by atoms with Crippen molar-refractivity contribution in [3.05, 3.63) is 47.0 Å². The third kappa shape index (κ3) is 3.51. The molecule has 0 bridgehead atoms. The number of nitrogens with one attached hydrogen (secondary N) is 3. The third-order valence-electron chi connectivity index (χ3n) is 3.97. The molecule has 0 aromatic heterocycles. The van der Waals surface area contributed by atoms with Gasteiger partial charge in [0.05, 0.1) is 27.0 Å². The second-order valence-corrected chi connectivity index (χ2v) is 8.09. The summed E-state index contributed by atoms with van der Waals surface area (Å²) in [6.07, 6.45) is 0. The topological polar surface area (TPSA) is 104 Å². The molecule has 7 nitrogen and oxygen atoms in total. The summed E-state index contributed by atoms with van der Waals surface area (Å²) < 4.78 is 27.7. The second-order valence-electron chi connectivity index (χ2n) is 6.00. The number of carbonyl (C=O) groups excluding carboxylic acids is 2. The molecule has 2 amide bonds. The second kappa shape index (κ2) is 6.62. The van der Waals surface area contributed by atoms with E-state index in [1.54, 1.807) is 18.2 Å². The predicted molar refractivity (Wildman–Crippen MR) is 99.9 cm³/mol. The molecule has 136 valence electrons. The number of anilines is 3. The summed E-state index contributed by atoms with van der Waals surface area (Å²) in [4.78, 5) is 23.7. The van der Waals surface area contributed by atoms with Gasteiger partial charge in [0.2, 0.25) is 11.8 Å². The minimum absolute atomic E-state index is 0.0722. The number of carbonyl (C=O) groups is 2. The molecule has 26 heavy (non-hydrogen) atoms. The molecule has 3 rings (SSSR count). The Morgan fingerprint density at radius 1 is 1.00 bits per heavy atom. The molecule has 0 aliphatic carbocycles. The normalized spacial score (nSPS) is 17.0. The zero-order chi connectivity index (χ0) is 19.1. The van der Waals surface area contributed by atoms with E-state index in [2.05, 4.69) is 15.4 Å². The Morgan fingerprint density at radius 2 is 1.65 bits per heavy atom. The molecule has 0 fully saturated rings. The summed E-state index contributed by atoms with van der Waals surface area (Å²) >= 11 is 6.08. The average molecular weight is 394 g/mol. The highest BCUT2D eigenvalue weighted by Crippen LogP contribution is 2.31. The number of fused-ring (bicyclic) bond motifs is 1. The van der Waals surface area contributed by atoms with Crippen LogP contribution in [0.3, 0.4) is 0 Å². The molecular weight excluding hydrogens is 378 g/mol. The number of amides is 2. The number of hydrogen-bond acceptors (Lipinski definition) is 4. The standard InChI is InChI=1S/C17H16ClN3O4S/c1-9-3-5-13(12(18)7-9)21-26(24,25)11-4-6-14-15(8-11)20-17(23)10(2)16(22)19-14/h3-8,10,21H,1-2H3,(H,19,22)(H,20,23)/t10-/m0/s1. The van der Waals surface area contributed by atoms with Crippen LogP contribution in [0, 0.1) is 12.8 Å². The van der Waals surface area contributed by atoms with Crippen LogP contribution in [0.4, 0.5) is 17.1 Å². The summed E-state index contributed by atoms with van der Waals surface area (Å²) in [6, 6.07) is 9.01. The van der Waals surface area contributed by atoms with E-state index in [9.17, 15) is 18.0 Å².